The van der Waals surface area contributed by atoms with Crippen LogP contribution < -0.4 is 0 Å². The lowest BCUT2D eigenvalue weighted by Crippen LogP contribution is -2.00. The van der Waals surface area contributed by atoms with Crippen LogP contribution in [0.4, 0.5) is 0 Å². The van der Waals surface area contributed by atoms with E-state index in [4.69, 9.17) is 19.4 Å². The van der Waals surface area contributed by atoms with E-state index in [2.05, 4.69) is 162 Å². The largest absolute Gasteiger partial charge is 0.456 e. The van der Waals surface area contributed by atoms with Gasteiger partial charge in [-0.2, -0.15) is 0 Å². The fourth-order valence-electron chi connectivity index (χ4n) is 8.72. The molecule has 0 aliphatic carbocycles. The van der Waals surface area contributed by atoms with Crippen molar-refractivity contribution in [2.24, 2.45) is 0 Å². The smallest absolute Gasteiger partial charge is 0.164 e. The van der Waals surface area contributed by atoms with Crippen molar-refractivity contribution in [3.05, 3.63) is 206 Å². The van der Waals surface area contributed by atoms with Crippen molar-refractivity contribution in [3.63, 3.8) is 0 Å². The molecule has 0 amide bonds. The van der Waals surface area contributed by atoms with E-state index >= 15 is 0 Å². The molecule has 3 heterocycles. The first-order valence-electron chi connectivity index (χ1n) is 20.2. The lowest BCUT2D eigenvalue weighted by Gasteiger charge is -2.13. The number of para-hydroxylation sites is 2. The summed E-state index contributed by atoms with van der Waals surface area (Å²) < 4.78 is 9.02. The molecule has 0 aliphatic heterocycles. The molecule has 0 saturated carbocycles. The Hall–Kier alpha value is -8.15. The maximum Gasteiger partial charge on any atom is 0.164 e. The third-order valence-electron chi connectivity index (χ3n) is 11.6. The third kappa shape index (κ3) is 5.67. The number of hydrogen-bond acceptors (Lipinski definition) is 4. The molecule has 0 spiro atoms. The summed E-state index contributed by atoms with van der Waals surface area (Å²) in [6.45, 7) is 0. The highest BCUT2D eigenvalue weighted by atomic mass is 16.3. The zero-order valence-corrected chi connectivity index (χ0v) is 32.3. The molecule has 5 nitrogen and oxygen atoms in total. The molecule has 0 N–H and O–H groups in total. The van der Waals surface area contributed by atoms with E-state index in [-0.39, 0.29) is 0 Å². The van der Waals surface area contributed by atoms with Gasteiger partial charge in [-0.3, -0.25) is 0 Å². The number of hydrogen-bond donors (Lipinski definition) is 0. The minimum atomic E-state index is 0.614. The summed E-state index contributed by atoms with van der Waals surface area (Å²) in [7, 11) is 0. The van der Waals surface area contributed by atoms with E-state index in [0.29, 0.717) is 17.5 Å². The van der Waals surface area contributed by atoms with Crippen LogP contribution >= 0.6 is 0 Å². The summed E-state index contributed by atoms with van der Waals surface area (Å²) >= 11 is 0. The normalized spacial score (nSPS) is 11.7. The van der Waals surface area contributed by atoms with Crippen molar-refractivity contribution in [2.45, 2.75) is 0 Å². The average molecular weight is 767 g/mol. The van der Waals surface area contributed by atoms with Crippen molar-refractivity contribution in [1.82, 2.24) is 19.5 Å². The van der Waals surface area contributed by atoms with Gasteiger partial charge in [-0.05, 0) is 63.4 Å². The average Bonchev–Trinajstić information content (AvgIpc) is 3.86. The topological polar surface area (TPSA) is 56.7 Å². The molecule has 60 heavy (non-hydrogen) atoms. The molecule has 12 rings (SSSR count). The molecular weight excluding hydrogens is 733 g/mol. The van der Waals surface area contributed by atoms with Gasteiger partial charge in [0.2, 0.25) is 0 Å². The van der Waals surface area contributed by atoms with Crippen LogP contribution in [-0.4, -0.2) is 19.5 Å². The number of nitrogens with zero attached hydrogens (tertiary/aromatic N) is 4. The SMILES string of the molecule is c1ccc(-c2ccc(-c3nc(-c4ccccc4)nc(-c4ccc(-c5cc(-n6c7ccccc7c7cc8ccccc8cc76)cc6oc7ccccc7c56)cc4)n3)cc2)cc1. The standard InChI is InChI=1S/C55H34N4O/c1-3-13-35(14-4-1)36-23-27-39(28-24-36)54-56-53(38-15-5-2-6-16-38)57-55(58-54)40-29-25-37(26-30-40)46-33-43(34-51-52(46)45-20-10-12-22-50(45)60-51)59-48-21-11-9-19-44(48)47-31-41-17-7-8-18-42(41)32-49(47)59/h1-34H. The summed E-state index contributed by atoms with van der Waals surface area (Å²) in [4.78, 5) is 15.1. The summed E-state index contributed by atoms with van der Waals surface area (Å²) in [5, 5.41) is 7.03. The minimum Gasteiger partial charge on any atom is -0.456 e. The summed E-state index contributed by atoms with van der Waals surface area (Å²) in [5.74, 6) is 1.87. The van der Waals surface area contributed by atoms with Crippen LogP contribution in [0.3, 0.4) is 0 Å². The van der Waals surface area contributed by atoms with E-state index in [1.54, 1.807) is 0 Å². The van der Waals surface area contributed by atoms with Crippen LogP contribution in [-0.2, 0) is 0 Å². The van der Waals surface area contributed by atoms with E-state index in [0.717, 1.165) is 72.0 Å². The quantitative estimate of drug-likeness (QED) is 0.169. The van der Waals surface area contributed by atoms with Crippen LogP contribution in [0.1, 0.15) is 0 Å². The summed E-state index contributed by atoms with van der Waals surface area (Å²) in [5.41, 5.74) is 12.3. The zero-order chi connectivity index (χ0) is 39.6. The lowest BCUT2D eigenvalue weighted by atomic mass is 9.97. The van der Waals surface area contributed by atoms with E-state index in [9.17, 15) is 0 Å². The second-order valence-corrected chi connectivity index (χ2v) is 15.2. The van der Waals surface area contributed by atoms with Gasteiger partial charge in [-0.15, -0.1) is 0 Å². The van der Waals surface area contributed by atoms with Gasteiger partial charge in [-0.1, -0.05) is 170 Å². The number of benzene rings is 9. The maximum atomic E-state index is 6.64. The van der Waals surface area contributed by atoms with Crippen LogP contribution in [0.2, 0.25) is 0 Å². The van der Waals surface area contributed by atoms with E-state index < -0.39 is 0 Å². The number of rotatable bonds is 6. The Kier molecular flexibility index (Phi) is 7.78. The number of fused-ring (bicyclic) bond motifs is 7. The molecule has 3 aromatic heterocycles. The molecule has 280 valence electrons. The molecule has 0 atom stereocenters. The van der Waals surface area contributed by atoms with Crippen LogP contribution in [0.5, 0.6) is 0 Å². The van der Waals surface area contributed by atoms with Crippen molar-refractivity contribution < 1.29 is 4.42 Å². The Bertz CT molecular complexity index is 3570. The summed E-state index contributed by atoms with van der Waals surface area (Å²) in [6.07, 6.45) is 0. The Balaban J connectivity index is 1.01. The highest BCUT2D eigenvalue weighted by Crippen LogP contribution is 2.42. The van der Waals surface area contributed by atoms with Gasteiger partial charge in [0.1, 0.15) is 11.2 Å². The first-order chi connectivity index (χ1) is 29.7. The van der Waals surface area contributed by atoms with Crippen molar-refractivity contribution in [3.8, 4) is 62.1 Å². The fourth-order valence-corrected chi connectivity index (χ4v) is 8.72. The second kappa shape index (κ2) is 13.8. The third-order valence-corrected chi connectivity index (χ3v) is 11.6. The Morgan fingerprint density at radius 2 is 0.833 bits per heavy atom. The lowest BCUT2D eigenvalue weighted by molar-refractivity contribution is 0.668. The number of furan rings is 1. The van der Waals surface area contributed by atoms with Crippen molar-refractivity contribution >= 4 is 54.5 Å². The molecule has 0 aliphatic rings. The zero-order valence-electron chi connectivity index (χ0n) is 32.3. The van der Waals surface area contributed by atoms with E-state index in [1.165, 1.54) is 27.1 Å². The fraction of sp³-hybridized carbons (Fsp3) is 0. The predicted molar refractivity (Wildman–Crippen MR) is 246 cm³/mol. The van der Waals surface area contributed by atoms with Gasteiger partial charge >= 0.3 is 0 Å². The highest BCUT2D eigenvalue weighted by molar-refractivity contribution is 6.16. The molecule has 0 fully saturated rings. The first-order valence-corrected chi connectivity index (χ1v) is 20.2. The van der Waals surface area contributed by atoms with Gasteiger partial charge in [-0.25, -0.2) is 15.0 Å². The molecule has 0 unspecified atom stereocenters. The Morgan fingerprint density at radius 1 is 0.333 bits per heavy atom. The number of aromatic nitrogens is 4. The molecular formula is C55H34N4O. The second-order valence-electron chi connectivity index (χ2n) is 15.2. The molecule has 0 radical (unpaired) electrons. The maximum absolute atomic E-state index is 6.64. The highest BCUT2D eigenvalue weighted by Gasteiger charge is 2.20. The molecule has 5 heteroatoms. The summed E-state index contributed by atoms with van der Waals surface area (Å²) in [6, 6.07) is 72.2. The predicted octanol–water partition coefficient (Wildman–Crippen LogP) is 14.4. The van der Waals surface area contributed by atoms with Gasteiger partial charge in [0.15, 0.2) is 17.5 Å². The van der Waals surface area contributed by atoms with Crippen LogP contribution in [0, 0.1) is 0 Å². The Labute approximate surface area is 345 Å². The van der Waals surface area contributed by atoms with Gasteiger partial charge in [0.25, 0.3) is 0 Å². The van der Waals surface area contributed by atoms with Crippen LogP contribution in [0.25, 0.3) is 117 Å². The molecule has 0 saturated heterocycles. The monoisotopic (exact) mass is 766 g/mol. The van der Waals surface area contributed by atoms with E-state index in [1.807, 2.05) is 48.5 Å². The molecule has 9 aromatic carbocycles. The van der Waals surface area contributed by atoms with Crippen molar-refractivity contribution in [1.29, 1.82) is 0 Å². The first kappa shape index (κ1) is 33.9. The Morgan fingerprint density at radius 3 is 1.52 bits per heavy atom. The van der Waals surface area contributed by atoms with Gasteiger partial charge < -0.3 is 8.98 Å². The van der Waals surface area contributed by atoms with Crippen molar-refractivity contribution in [2.75, 3.05) is 0 Å². The van der Waals surface area contributed by atoms with Gasteiger partial charge in [0.05, 0.1) is 16.7 Å². The van der Waals surface area contributed by atoms with Gasteiger partial charge in [0, 0.05) is 44.3 Å². The molecule has 12 aromatic rings. The minimum absolute atomic E-state index is 0.614. The van der Waals surface area contributed by atoms with Crippen LogP contribution in [0.15, 0.2) is 211 Å². The molecule has 0 bridgehead atoms.